The van der Waals surface area contributed by atoms with Crippen molar-refractivity contribution in [2.24, 2.45) is 11.7 Å². The number of hydrogen-bond donors (Lipinski definition) is 3. The third-order valence-electron chi connectivity index (χ3n) is 3.29. The van der Waals surface area contributed by atoms with E-state index in [0.717, 1.165) is 5.70 Å². The second kappa shape index (κ2) is 3.79. The molecule has 6 heteroatoms. The first-order valence-corrected chi connectivity index (χ1v) is 5.64. The molecule has 1 amide bonds. The lowest BCUT2D eigenvalue weighted by Gasteiger charge is -2.12. The summed E-state index contributed by atoms with van der Waals surface area (Å²) in [6.07, 6.45) is 2.09. The van der Waals surface area contributed by atoms with E-state index in [-0.39, 0.29) is 12.5 Å². The molecule has 1 aliphatic heterocycles. The third-order valence-corrected chi connectivity index (χ3v) is 3.29. The molecule has 3 unspecified atom stereocenters. The quantitative estimate of drug-likeness (QED) is 0.575. The minimum atomic E-state index is -0.732. The van der Waals surface area contributed by atoms with E-state index in [1.807, 2.05) is 0 Å². The predicted molar refractivity (Wildman–Crippen MR) is 59.8 cm³/mol. The Labute approximate surface area is 103 Å². The number of carbonyl (C=O) groups is 1. The molecule has 1 aromatic heterocycles. The van der Waals surface area contributed by atoms with Crippen LogP contribution >= 0.6 is 0 Å². The fourth-order valence-corrected chi connectivity index (χ4v) is 2.31. The van der Waals surface area contributed by atoms with Gasteiger partial charge >= 0.3 is 0 Å². The smallest absolute Gasteiger partial charge is 0.254 e. The highest BCUT2D eigenvalue weighted by molar-refractivity contribution is 5.92. The largest absolute Gasteiger partial charge is 0.482 e. The van der Waals surface area contributed by atoms with E-state index in [1.54, 1.807) is 29.1 Å². The molecule has 2 heterocycles. The predicted octanol–water partition coefficient (Wildman–Crippen LogP) is -1.38. The molecule has 1 fully saturated rings. The van der Waals surface area contributed by atoms with E-state index < -0.39 is 18.1 Å². The Kier molecular flexibility index (Phi) is 2.36. The van der Waals surface area contributed by atoms with Crippen LogP contribution in [0.15, 0.2) is 30.3 Å². The fourth-order valence-electron chi connectivity index (χ4n) is 2.31. The summed E-state index contributed by atoms with van der Waals surface area (Å²) in [6, 6.07) is 3.33. The number of pyridine rings is 1. The van der Waals surface area contributed by atoms with E-state index in [9.17, 15) is 9.90 Å². The van der Waals surface area contributed by atoms with E-state index in [1.165, 1.54) is 0 Å². The van der Waals surface area contributed by atoms with E-state index >= 15 is 0 Å². The summed E-state index contributed by atoms with van der Waals surface area (Å²) in [5, 5.41) is 18.9. The fraction of sp³-hybridized carbons (Fsp3) is 0.333. The van der Waals surface area contributed by atoms with Crippen LogP contribution in [0.25, 0.3) is 5.70 Å². The molecule has 3 atom stereocenters. The van der Waals surface area contributed by atoms with Gasteiger partial charge in [0.1, 0.15) is 23.7 Å². The van der Waals surface area contributed by atoms with Crippen molar-refractivity contribution in [1.82, 2.24) is 0 Å². The molecule has 18 heavy (non-hydrogen) atoms. The van der Waals surface area contributed by atoms with Gasteiger partial charge in [0.25, 0.3) is 5.91 Å². The maximum Gasteiger partial charge on any atom is 0.254 e. The van der Waals surface area contributed by atoms with E-state index in [4.69, 9.17) is 15.6 Å². The van der Waals surface area contributed by atoms with Gasteiger partial charge < -0.3 is 20.7 Å². The number of aromatic nitrogens is 1. The van der Waals surface area contributed by atoms with Crippen LogP contribution in [0.3, 0.4) is 0 Å². The van der Waals surface area contributed by atoms with Gasteiger partial charge in [-0.05, 0) is 6.07 Å². The number of nitrogens with two attached hydrogens (primary N) is 1. The Hall–Kier alpha value is -1.92. The SMILES string of the molecule is NC(=O)c1ccc[n+](C2=C3OC(CO)C(O)C32)c1. The summed E-state index contributed by atoms with van der Waals surface area (Å²) in [6.45, 7) is -0.208. The molecule has 1 aromatic rings. The molecular formula is C12H13N2O4+. The summed E-state index contributed by atoms with van der Waals surface area (Å²) >= 11 is 0. The monoisotopic (exact) mass is 249 g/mol. The molecule has 4 N–H and O–H groups in total. The lowest BCUT2D eigenvalue weighted by molar-refractivity contribution is -0.580. The van der Waals surface area contributed by atoms with Gasteiger partial charge in [-0.25, -0.2) is 0 Å². The van der Waals surface area contributed by atoms with Gasteiger partial charge in [0, 0.05) is 6.07 Å². The number of amides is 1. The highest BCUT2D eigenvalue weighted by Crippen LogP contribution is 2.50. The van der Waals surface area contributed by atoms with Crippen LogP contribution in [0.5, 0.6) is 0 Å². The van der Waals surface area contributed by atoms with Crippen LogP contribution < -0.4 is 10.3 Å². The van der Waals surface area contributed by atoms with Crippen molar-refractivity contribution in [1.29, 1.82) is 0 Å². The van der Waals surface area contributed by atoms with E-state index in [0.29, 0.717) is 11.3 Å². The van der Waals surface area contributed by atoms with Crippen molar-refractivity contribution in [2.45, 2.75) is 12.2 Å². The first-order chi connectivity index (χ1) is 8.63. The van der Waals surface area contributed by atoms with Gasteiger partial charge in [0.2, 0.25) is 5.70 Å². The zero-order valence-corrected chi connectivity index (χ0v) is 9.48. The van der Waals surface area contributed by atoms with Crippen molar-refractivity contribution in [3.8, 4) is 0 Å². The van der Waals surface area contributed by atoms with Gasteiger partial charge in [-0.1, -0.05) is 0 Å². The van der Waals surface area contributed by atoms with E-state index in [2.05, 4.69) is 0 Å². The van der Waals surface area contributed by atoms with Crippen molar-refractivity contribution in [2.75, 3.05) is 6.61 Å². The molecule has 0 saturated carbocycles. The summed E-state index contributed by atoms with van der Waals surface area (Å²) in [5.74, 6) is -0.0149. The number of aliphatic hydroxyl groups excluding tert-OH is 2. The Bertz CT molecular complexity index is 555. The number of ether oxygens (including phenoxy) is 1. The first kappa shape index (κ1) is 11.2. The maximum atomic E-state index is 11.1. The molecule has 6 nitrogen and oxygen atoms in total. The van der Waals surface area contributed by atoms with Crippen molar-refractivity contribution in [3.05, 3.63) is 35.8 Å². The lowest BCUT2D eigenvalue weighted by atomic mass is 10.1. The minimum Gasteiger partial charge on any atom is -0.482 e. The zero-order chi connectivity index (χ0) is 12.9. The van der Waals surface area contributed by atoms with Crippen LogP contribution in [0.1, 0.15) is 10.4 Å². The summed E-state index contributed by atoms with van der Waals surface area (Å²) in [4.78, 5) is 11.1. The second-order valence-corrected chi connectivity index (χ2v) is 4.42. The first-order valence-electron chi connectivity index (χ1n) is 5.64. The molecule has 94 valence electrons. The van der Waals surface area contributed by atoms with Gasteiger partial charge in [-0.2, -0.15) is 4.57 Å². The number of aliphatic hydroxyl groups is 2. The van der Waals surface area contributed by atoms with Crippen molar-refractivity contribution < 1.29 is 24.3 Å². The molecule has 0 bridgehead atoms. The number of nitrogens with zero attached hydrogens (tertiary/aromatic N) is 1. The zero-order valence-electron chi connectivity index (χ0n) is 9.48. The van der Waals surface area contributed by atoms with Gasteiger partial charge in [0.05, 0.1) is 6.61 Å². The van der Waals surface area contributed by atoms with Crippen LogP contribution in [0.2, 0.25) is 0 Å². The Balaban J connectivity index is 1.89. The maximum absolute atomic E-state index is 11.1. The highest BCUT2D eigenvalue weighted by Gasteiger charge is 2.61. The summed E-state index contributed by atoms with van der Waals surface area (Å²) in [5.41, 5.74) is 6.42. The normalized spacial score (nSPS) is 28.9. The van der Waals surface area contributed by atoms with Gasteiger partial charge in [0.15, 0.2) is 18.2 Å². The molecular weight excluding hydrogens is 236 g/mol. The number of rotatable bonds is 3. The Morgan fingerprint density at radius 2 is 2.33 bits per heavy atom. The lowest BCUT2D eigenvalue weighted by Crippen LogP contribution is -2.36. The number of primary amides is 1. The molecule has 0 radical (unpaired) electrons. The summed E-state index contributed by atoms with van der Waals surface area (Å²) in [7, 11) is 0. The van der Waals surface area contributed by atoms with Gasteiger partial charge in [-0.15, -0.1) is 0 Å². The molecule has 1 saturated heterocycles. The molecule has 0 spiro atoms. The van der Waals surface area contributed by atoms with Gasteiger partial charge in [-0.3, -0.25) is 4.79 Å². The standard InChI is InChI=1S/C12H12N2O4/c13-12(17)6-2-1-3-14(4-6)9-8-10(16)7(5-15)18-11(8)9/h1-4,7-8,10,15-16H,5H2,(H-,13,17)/p+1. The van der Waals surface area contributed by atoms with Crippen molar-refractivity contribution >= 4 is 11.6 Å². The molecule has 3 rings (SSSR count). The van der Waals surface area contributed by atoms with Crippen LogP contribution in [0, 0.1) is 5.92 Å². The van der Waals surface area contributed by atoms with Crippen LogP contribution in [0.4, 0.5) is 0 Å². The van der Waals surface area contributed by atoms with Crippen LogP contribution in [-0.2, 0) is 4.74 Å². The molecule has 1 aliphatic carbocycles. The minimum absolute atomic E-state index is 0.185. The number of hydrogen-bond acceptors (Lipinski definition) is 4. The third kappa shape index (κ3) is 1.50. The average Bonchev–Trinajstić information content (AvgIpc) is 3.00. The second-order valence-electron chi connectivity index (χ2n) is 4.42. The average molecular weight is 249 g/mol. The number of fused-ring (bicyclic) bond motifs is 1. The Morgan fingerprint density at radius 3 is 2.89 bits per heavy atom. The summed E-state index contributed by atoms with van der Waals surface area (Å²) < 4.78 is 7.13. The molecule has 2 aliphatic rings. The topological polar surface area (TPSA) is 96.7 Å². The number of carbonyl (C=O) groups excluding carboxylic acids is 1. The Morgan fingerprint density at radius 1 is 1.56 bits per heavy atom. The van der Waals surface area contributed by atoms with Crippen LogP contribution in [-0.4, -0.2) is 34.9 Å². The molecule has 0 aromatic carbocycles. The van der Waals surface area contributed by atoms with Crippen molar-refractivity contribution in [3.63, 3.8) is 0 Å². The highest BCUT2D eigenvalue weighted by atomic mass is 16.5.